The van der Waals surface area contributed by atoms with Crippen LogP contribution in [0.25, 0.3) is 0 Å². The van der Waals surface area contributed by atoms with Gasteiger partial charge in [0.05, 0.1) is 11.7 Å². The number of rotatable bonds is 2. The first-order chi connectivity index (χ1) is 8.56. The smallest absolute Gasteiger partial charge is 0.255 e. The van der Waals surface area contributed by atoms with E-state index in [1.807, 2.05) is 0 Å². The number of aromatic nitrogens is 1. The normalized spacial score (nSPS) is 23.7. The lowest BCUT2D eigenvalue weighted by Crippen LogP contribution is -2.38. The zero-order valence-corrected chi connectivity index (χ0v) is 11.5. The molecule has 2 rings (SSSR count). The number of hydrogen-bond donors (Lipinski definition) is 3. The first-order valence-electron chi connectivity index (χ1n) is 5.96. The van der Waals surface area contributed by atoms with Crippen LogP contribution in [0, 0.1) is 0 Å². The molecule has 1 saturated carbocycles. The second kappa shape index (κ2) is 5.67. The number of carbonyl (C=O) groups is 1. The van der Waals surface area contributed by atoms with Crippen LogP contribution in [-0.2, 0) is 0 Å². The van der Waals surface area contributed by atoms with E-state index in [0.717, 1.165) is 30.2 Å². The minimum Gasteiger partial charge on any atom is -0.393 e. The molecule has 1 aromatic rings. The molecule has 5 nitrogen and oxygen atoms in total. The van der Waals surface area contributed by atoms with Crippen LogP contribution in [0.3, 0.4) is 0 Å². The summed E-state index contributed by atoms with van der Waals surface area (Å²) in [6, 6.07) is 1.77. The second-order valence-electron chi connectivity index (χ2n) is 4.57. The Morgan fingerprint density at radius 3 is 2.78 bits per heavy atom. The highest BCUT2D eigenvalue weighted by atomic mass is 79.9. The summed E-state index contributed by atoms with van der Waals surface area (Å²) in [7, 11) is 0. The van der Waals surface area contributed by atoms with E-state index in [-0.39, 0.29) is 23.9 Å². The van der Waals surface area contributed by atoms with Gasteiger partial charge in [0.2, 0.25) is 0 Å². The molecule has 1 aromatic heterocycles. The van der Waals surface area contributed by atoms with Crippen LogP contribution in [0.4, 0.5) is 5.82 Å². The van der Waals surface area contributed by atoms with Crippen LogP contribution in [0.5, 0.6) is 0 Å². The van der Waals surface area contributed by atoms with Crippen molar-refractivity contribution in [2.24, 2.45) is 0 Å². The van der Waals surface area contributed by atoms with E-state index in [2.05, 4.69) is 26.2 Å². The summed E-state index contributed by atoms with van der Waals surface area (Å²) in [5.41, 5.74) is 6.07. The van der Waals surface area contributed by atoms with Gasteiger partial charge < -0.3 is 16.2 Å². The molecule has 0 bridgehead atoms. The molecule has 0 unspecified atom stereocenters. The van der Waals surface area contributed by atoms with Gasteiger partial charge in [0.15, 0.2) is 0 Å². The van der Waals surface area contributed by atoms with Gasteiger partial charge in [-0.25, -0.2) is 4.98 Å². The molecular formula is C12H16BrN3O2. The number of anilines is 1. The van der Waals surface area contributed by atoms with Crippen molar-refractivity contribution in [3.8, 4) is 0 Å². The summed E-state index contributed by atoms with van der Waals surface area (Å²) in [6.07, 6.45) is 4.40. The van der Waals surface area contributed by atoms with E-state index < -0.39 is 0 Å². The van der Waals surface area contributed by atoms with E-state index in [1.165, 1.54) is 0 Å². The molecule has 1 aliphatic carbocycles. The van der Waals surface area contributed by atoms with Crippen LogP contribution in [0.2, 0.25) is 0 Å². The Bertz CT molecular complexity index is 445. The molecule has 0 atom stereocenters. The van der Waals surface area contributed by atoms with Crippen LogP contribution in [-0.4, -0.2) is 28.1 Å². The van der Waals surface area contributed by atoms with Gasteiger partial charge in [-0.05, 0) is 47.7 Å². The lowest BCUT2D eigenvalue weighted by molar-refractivity contribution is 0.0868. The van der Waals surface area contributed by atoms with Crippen molar-refractivity contribution in [1.29, 1.82) is 0 Å². The Hall–Kier alpha value is -1.14. The van der Waals surface area contributed by atoms with Gasteiger partial charge in [-0.3, -0.25) is 4.79 Å². The summed E-state index contributed by atoms with van der Waals surface area (Å²) in [5, 5.41) is 12.3. The number of halogens is 1. The van der Waals surface area contributed by atoms with Gasteiger partial charge in [-0.15, -0.1) is 0 Å². The Balaban J connectivity index is 2.01. The number of nitrogen functional groups attached to an aromatic ring is 1. The number of nitrogens with one attached hydrogen (secondary N) is 1. The number of hydrogen-bond acceptors (Lipinski definition) is 4. The fraction of sp³-hybridized carbons (Fsp3) is 0.500. The lowest BCUT2D eigenvalue weighted by Gasteiger charge is -2.26. The molecule has 0 aromatic carbocycles. The molecule has 1 heterocycles. The minimum absolute atomic E-state index is 0.110. The molecule has 0 radical (unpaired) electrons. The maximum absolute atomic E-state index is 12.1. The maximum atomic E-state index is 12.1. The second-order valence-corrected chi connectivity index (χ2v) is 5.48. The van der Waals surface area contributed by atoms with Crippen molar-refractivity contribution >= 4 is 27.7 Å². The number of aliphatic hydroxyl groups excluding tert-OH is 1. The lowest BCUT2D eigenvalue weighted by atomic mass is 9.93. The standard InChI is InChI=1S/C12H16BrN3O2/c13-7-5-10(11(14)15-6-7)12(18)16-8-1-3-9(17)4-2-8/h5-6,8-9,17H,1-4H2,(H2,14,15)(H,16,18)/t8-,9-. The van der Waals surface area contributed by atoms with Crippen LogP contribution >= 0.6 is 15.9 Å². The fourth-order valence-electron chi connectivity index (χ4n) is 2.12. The van der Waals surface area contributed by atoms with Gasteiger partial charge in [-0.2, -0.15) is 0 Å². The van der Waals surface area contributed by atoms with E-state index >= 15 is 0 Å². The molecule has 0 saturated heterocycles. The van der Waals surface area contributed by atoms with Crippen molar-refractivity contribution < 1.29 is 9.90 Å². The molecule has 0 spiro atoms. The fourth-order valence-corrected chi connectivity index (χ4v) is 2.45. The summed E-state index contributed by atoms with van der Waals surface area (Å²) in [5.74, 6) is 0.0224. The van der Waals surface area contributed by atoms with Crippen molar-refractivity contribution in [2.75, 3.05) is 5.73 Å². The van der Waals surface area contributed by atoms with Gasteiger partial charge in [-0.1, -0.05) is 0 Å². The molecule has 4 N–H and O–H groups in total. The highest BCUT2D eigenvalue weighted by molar-refractivity contribution is 9.10. The summed E-state index contributed by atoms with van der Waals surface area (Å²) in [6.45, 7) is 0. The van der Waals surface area contributed by atoms with Crippen molar-refractivity contribution in [3.63, 3.8) is 0 Å². The third-order valence-electron chi connectivity index (χ3n) is 3.16. The number of pyridine rings is 1. The number of aliphatic hydroxyl groups is 1. The molecule has 18 heavy (non-hydrogen) atoms. The van der Waals surface area contributed by atoms with E-state index in [9.17, 15) is 9.90 Å². The van der Waals surface area contributed by atoms with Crippen LogP contribution in [0.1, 0.15) is 36.0 Å². The van der Waals surface area contributed by atoms with Gasteiger partial charge in [0.25, 0.3) is 5.91 Å². The Morgan fingerprint density at radius 1 is 1.44 bits per heavy atom. The van der Waals surface area contributed by atoms with Crippen LogP contribution in [0.15, 0.2) is 16.7 Å². The topological polar surface area (TPSA) is 88.2 Å². The third-order valence-corrected chi connectivity index (χ3v) is 3.60. The first-order valence-corrected chi connectivity index (χ1v) is 6.75. The predicted octanol–water partition coefficient (Wildman–Crippen LogP) is 1.46. The molecule has 1 aliphatic rings. The van der Waals surface area contributed by atoms with Gasteiger partial charge >= 0.3 is 0 Å². The SMILES string of the molecule is Nc1ncc(Br)cc1C(=O)N[C@H]1CC[C@H](O)CC1. The van der Waals surface area contributed by atoms with E-state index in [0.29, 0.717) is 5.56 Å². The molecule has 1 amide bonds. The zero-order chi connectivity index (χ0) is 13.1. The van der Waals surface area contributed by atoms with Crippen molar-refractivity contribution in [3.05, 3.63) is 22.3 Å². The first kappa shape index (κ1) is 13.3. The Morgan fingerprint density at radius 2 is 2.11 bits per heavy atom. The monoisotopic (exact) mass is 313 g/mol. The summed E-state index contributed by atoms with van der Waals surface area (Å²) < 4.78 is 0.723. The molecule has 1 fully saturated rings. The third kappa shape index (κ3) is 3.20. The van der Waals surface area contributed by atoms with Crippen molar-refractivity contribution in [2.45, 2.75) is 37.8 Å². The predicted molar refractivity (Wildman–Crippen MR) is 72.1 cm³/mol. The average molecular weight is 314 g/mol. The largest absolute Gasteiger partial charge is 0.393 e. The van der Waals surface area contributed by atoms with Gasteiger partial charge in [0.1, 0.15) is 5.82 Å². The maximum Gasteiger partial charge on any atom is 0.255 e. The highest BCUT2D eigenvalue weighted by Gasteiger charge is 2.22. The van der Waals surface area contributed by atoms with Crippen LogP contribution < -0.4 is 11.1 Å². The summed E-state index contributed by atoms with van der Waals surface area (Å²) in [4.78, 5) is 16.0. The average Bonchev–Trinajstić information content (AvgIpc) is 2.35. The zero-order valence-electron chi connectivity index (χ0n) is 9.90. The summed E-state index contributed by atoms with van der Waals surface area (Å²) >= 11 is 3.27. The Kier molecular flexibility index (Phi) is 4.19. The van der Waals surface area contributed by atoms with Gasteiger partial charge in [0, 0.05) is 16.7 Å². The molecule has 6 heteroatoms. The number of amides is 1. The quantitative estimate of drug-likeness (QED) is 0.771. The van der Waals surface area contributed by atoms with E-state index in [4.69, 9.17) is 5.73 Å². The minimum atomic E-state index is -0.226. The number of nitrogens with two attached hydrogens (primary N) is 1. The molecule has 0 aliphatic heterocycles. The Labute approximate surface area is 114 Å². The van der Waals surface area contributed by atoms with Crippen molar-refractivity contribution in [1.82, 2.24) is 10.3 Å². The number of carbonyl (C=O) groups excluding carboxylic acids is 1. The number of nitrogens with zero attached hydrogens (tertiary/aromatic N) is 1. The highest BCUT2D eigenvalue weighted by Crippen LogP contribution is 2.20. The van der Waals surface area contributed by atoms with E-state index in [1.54, 1.807) is 12.3 Å². The molecule has 98 valence electrons. The molecular weight excluding hydrogens is 298 g/mol.